The van der Waals surface area contributed by atoms with Crippen molar-refractivity contribution in [3.63, 3.8) is 0 Å². The van der Waals surface area contributed by atoms with Crippen LogP contribution in [0.3, 0.4) is 0 Å². The Bertz CT molecular complexity index is 1470. The maximum atomic E-state index is 14.2. The van der Waals surface area contributed by atoms with Gasteiger partial charge in [0.25, 0.3) is 0 Å². The number of benzene rings is 2. The predicted molar refractivity (Wildman–Crippen MR) is 108 cm³/mol. The normalized spacial score (nSPS) is 11.9. The Morgan fingerprint density at radius 2 is 1.76 bits per heavy atom. The average molecular weight is 457 g/mol. The molecule has 5 aromatic rings. The molecule has 0 spiro atoms. The van der Waals surface area contributed by atoms with Gasteiger partial charge in [-0.05, 0) is 30.3 Å². The first kappa shape index (κ1) is 20.8. The predicted octanol–water partition coefficient (Wildman–Crippen LogP) is 5.52. The molecule has 33 heavy (non-hydrogen) atoms. The third kappa shape index (κ3) is 4.07. The summed E-state index contributed by atoms with van der Waals surface area (Å²) in [4.78, 5) is 7.48. The number of imidazole rings is 1. The maximum Gasteiger partial charge on any atom is 0.416 e. The van der Waals surface area contributed by atoms with Gasteiger partial charge in [0.2, 0.25) is 12.3 Å². The van der Waals surface area contributed by atoms with E-state index >= 15 is 0 Å². The fraction of sp³-hybridized carbons (Fsp3) is 0.0870. The first-order valence-corrected chi connectivity index (χ1v) is 9.74. The lowest BCUT2D eigenvalue weighted by Crippen LogP contribution is -2.32. The van der Waals surface area contributed by atoms with Crippen molar-refractivity contribution < 1.29 is 31.0 Å². The van der Waals surface area contributed by atoms with Crippen molar-refractivity contribution in [3.05, 3.63) is 89.9 Å². The number of aromatic amines is 1. The molecule has 5 rings (SSSR count). The largest absolute Gasteiger partial charge is 0.416 e. The summed E-state index contributed by atoms with van der Waals surface area (Å²) in [6.45, 7) is 0.221. The second-order valence-electron chi connectivity index (χ2n) is 7.35. The number of rotatable bonds is 4. The summed E-state index contributed by atoms with van der Waals surface area (Å²) in [5.74, 6) is -0.686. The molecule has 0 amide bonds. The summed E-state index contributed by atoms with van der Waals surface area (Å²) in [5.41, 5.74) is 0.547. The van der Waals surface area contributed by atoms with Crippen molar-refractivity contribution >= 4 is 11.0 Å². The molecule has 166 valence electrons. The Morgan fingerprint density at radius 3 is 2.52 bits per heavy atom. The molecule has 0 bridgehead atoms. The summed E-state index contributed by atoms with van der Waals surface area (Å²) >= 11 is 0. The first-order chi connectivity index (χ1) is 15.8. The highest BCUT2D eigenvalue weighted by atomic mass is 19.4. The molecule has 0 aliphatic carbocycles. The van der Waals surface area contributed by atoms with Gasteiger partial charge >= 0.3 is 6.18 Å². The molecule has 0 aliphatic heterocycles. The van der Waals surface area contributed by atoms with E-state index < -0.39 is 23.4 Å². The van der Waals surface area contributed by atoms with Crippen molar-refractivity contribution in [3.8, 4) is 22.6 Å². The third-order valence-electron chi connectivity index (χ3n) is 5.08. The summed E-state index contributed by atoms with van der Waals surface area (Å²) in [6.07, 6.45) is -1.16. The summed E-state index contributed by atoms with van der Waals surface area (Å²) in [6, 6.07) is 11.7. The zero-order chi connectivity index (χ0) is 23.2. The Hall–Kier alpha value is -4.08. The van der Waals surface area contributed by atoms with Crippen LogP contribution in [0.25, 0.3) is 33.7 Å². The van der Waals surface area contributed by atoms with Crippen LogP contribution in [0.2, 0.25) is 0 Å². The SMILES string of the molecule is Fc1cc(C(F)(F)F)ccc1-c1cc(C[n+]2ccc3nc(-c4ccccc4F)[nH]c3c2)on1. The molecule has 0 unspecified atom stereocenters. The van der Waals surface area contributed by atoms with Gasteiger partial charge in [0.15, 0.2) is 12.4 Å². The van der Waals surface area contributed by atoms with E-state index in [9.17, 15) is 22.0 Å². The number of nitrogens with zero attached hydrogens (tertiary/aromatic N) is 3. The number of fused-ring (bicyclic) bond motifs is 1. The van der Waals surface area contributed by atoms with Crippen molar-refractivity contribution in [2.75, 3.05) is 0 Å². The molecule has 5 nitrogen and oxygen atoms in total. The molecule has 0 radical (unpaired) electrons. The molecule has 1 N–H and O–H groups in total. The summed E-state index contributed by atoms with van der Waals surface area (Å²) in [5, 5.41) is 3.78. The molecule has 0 fully saturated rings. The van der Waals surface area contributed by atoms with Crippen LogP contribution in [0.5, 0.6) is 0 Å². The maximum absolute atomic E-state index is 14.2. The lowest BCUT2D eigenvalue weighted by atomic mass is 10.1. The van der Waals surface area contributed by atoms with E-state index in [-0.39, 0.29) is 17.8 Å². The van der Waals surface area contributed by atoms with Crippen molar-refractivity contribution in [2.45, 2.75) is 12.7 Å². The van der Waals surface area contributed by atoms with E-state index in [0.717, 1.165) is 12.1 Å². The second-order valence-corrected chi connectivity index (χ2v) is 7.35. The monoisotopic (exact) mass is 457 g/mol. The molecule has 0 saturated carbocycles. The van der Waals surface area contributed by atoms with Gasteiger partial charge in [-0.15, -0.1) is 0 Å². The molecule has 10 heteroatoms. The number of nitrogens with one attached hydrogen (secondary N) is 1. The van der Waals surface area contributed by atoms with Crippen LogP contribution in [0.1, 0.15) is 11.3 Å². The van der Waals surface area contributed by atoms with Crippen LogP contribution in [-0.2, 0) is 12.7 Å². The number of hydrogen-bond donors (Lipinski definition) is 1. The number of pyridine rings is 1. The van der Waals surface area contributed by atoms with Crippen LogP contribution in [-0.4, -0.2) is 15.1 Å². The minimum Gasteiger partial charge on any atom is -0.354 e. The van der Waals surface area contributed by atoms with Gasteiger partial charge in [-0.2, -0.15) is 17.7 Å². The molecule has 3 heterocycles. The smallest absolute Gasteiger partial charge is 0.354 e. The molecular weight excluding hydrogens is 443 g/mol. The standard InChI is InChI=1S/C23H13F5N4O/c24-17-4-2-1-3-16(17)22-29-19-7-8-32(12-21(19)30-22)11-14-10-20(31-33-14)15-6-5-13(9-18(15)25)23(26,27)28/h1-10,12H,11H2/p+1. The molecular formula is C23H14F5N4O+. The number of H-pyrrole nitrogens is 1. The topological polar surface area (TPSA) is 58.6 Å². The van der Waals surface area contributed by atoms with Gasteiger partial charge in [0.1, 0.15) is 34.2 Å². The Balaban J connectivity index is 1.39. The van der Waals surface area contributed by atoms with Crippen LogP contribution in [0, 0.1) is 11.6 Å². The Labute approximate surface area is 183 Å². The van der Waals surface area contributed by atoms with Crippen molar-refractivity contribution in [1.82, 2.24) is 15.1 Å². The fourth-order valence-electron chi connectivity index (χ4n) is 3.47. The summed E-state index contributed by atoms with van der Waals surface area (Å²) < 4.78 is 73.5. The molecule has 2 aromatic carbocycles. The minimum atomic E-state index is -4.64. The van der Waals surface area contributed by atoms with Crippen LogP contribution < -0.4 is 4.57 Å². The molecule has 0 saturated heterocycles. The quantitative estimate of drug-likeness (QED) is 0.286. The Kier molecular flexibility index (Phi) is 4.92. The number of alkyl halides is 3. The van der Waals surface area contributed by atoms with Gasteiger partial charge in [0, 0.05) is 17.7 Å². The minimum absolute atomic E-state index is 0.0845. The van der Waals surface area contributed by atoms with E-state index in [2.05, 4.69) is 15.1 Å². The van der Waals surface area contributed by atoms with Gasteiger partial charge in [-0.25, -0.2) is 13.8 Å². The van der Waals surface area contributed by atoms with Gasteiger partial charge in [0.05, 0.1) is 11.1 Å². The summed E-state index contributed by atoms with van der Waals surface area (Å²) in [7, 11) is 0. The number of halogens is 5. The third-order valence-corrected chi connectivity index (χ3v) is 5.08. The number of aromatic nitrogens is 4. The van der Waals surface area contributed by atoms with E-state index in [4.69, 9.17) is 4.52 Å². The highest BCUT2D eigenvalue weighted by Gasteiger charge is 2.31. The van der Waals surface area contributed by atoms with E-state index in [0.29, 0.717) is 34.2 Å². The zero-order valence-corrected chi connectivity index (χ0v) is 16.7. The highest BCUT2D eigenvalue weighted by Crippen LogP contribution is 2.32. The average Bonchev–Trinajstić information content (AvgIpc) is 3.40. The molecule has 0 aliphatic rings. The molecule has 0 atom stereocenters. The van der Waals surface area contributed by atoms with Gasteiger partial charge in [-0.3, -0.25) is 0 Å². The van der Waals surface area contributed by atoms with E-state index in [1.807, 2.05) is 0 Å². The number of hydrogen-bond acceptors (Lipinski definition) is 3. The van der Waals surface area contributed by atoms with Crippen LogP contribution in [0.15, 0.2) is 71.5 Å². The van der Waals surface area contributed by atoms with E-state index in [1.54, 1.807) is 41.2 Å². The first-order valence-electron chi connectivity index (χ1n) is 9.74. The Morgan fingerprint density at radius 1 is 0.939 bits per heavy atom. The second kappa shape index (κ2) is 7.80. The molecule has 3 aromatic heterocycles. The lowest BCUT2D eigenvalue weighted by molar-refractivity contribution is -0.688. The van der Waals surface area contributed by atoms with Crippen molar-refractivity contribution in [1.29, 1.82) is 0 Å². The van der Waals surface area contributed by atoms with Crippen LogP contribution >= 0.6 is 0 Å². The van der Waals surface area contributed by atoms with Crippen molar-refractivity contribution in [2.24, 2.45) is 0 Å². The highest BCUT2D eigenvalue weighted by molar-refractivity contribution is 5.77. The van der Waals surface area contributed by atoms with Gasteiger partial charge < -0.3 is 9.51 Å². The van der Waals surface area contributed by atoms with Gasteiger partial charge in [-0.1, -0.05) is 17.3 Å². The fourth-order valence-corrected chi connectivity index (χ4v) is 3.47. The van der Waals surface area contributed by atoms with E-state index in [1.165, 1.54) is 12.1 Å². The zero-order valence-electron chi connectivity index (χ0n) is 16.7. The van der Waals surface area contributed by atoms with Crippen LogP contribution in [0.4, 0.5) is 22.0 Å². The lowest BCUT2D eigenvalue weighted by Gasteiger charge is -2.07.